The predicted molar refractivity (Wildman–Crippen MR) is 103 cm³/mol. The van der Waals surface area contributed by atoms with E-state index in [1.54, 1.807) is 35.6 Å². The van der Waals surface area contributed by atoms with Crippen LogP contribution in [0.4, 0.5) is 5.69 Å². The van der Waals surface area contributed by atoms with Gasteiger partial charge in [-0.2, -0.15) is 0 Å². The van der Waals surface area contributed by atoms with Crippen molar-refractivity contribution >= 4 is 46.3 Å². The summed E-state index contributed by atoms with van der Waals surface area (Å²) < 4.78 is 0.886. The van der Waals surface area contributed by atoms with Gasteiger partial charge in [0.15, 0.2) is 4.34 Å². The van der Waals surface area contributed by atoms with Gasteiger partial charge < -0.3 is 5.32 Å². The topological polar surface area (TPSA) is 42.0 Å². The monoisotopic (exact) mass is 374 g/mol. The maximum absolute atomic E-state index is 12.0. The zero-order chi connectivity index (χ0) is 16.9. The van der Waals surface area contributed by atoms with Gasteiger partial charge in [0.05, 0.1) is 11.4 Å². The Hall–Kier alpha value is -1.82. The number of anilines is 1. The Morgan fingerprint density at radius 3 is 2.58 bits per heavy atom. The van der Waals surface area contributed by atoms with Crippen LogP contribution >= 0.6 is 34.7 Å². The molecule has 0 aliphatic carbocycles. The van der Waals surface area contributed by atoms with Gasteiger partial charge in [-0.05, 0) is 31.2 Å². The first kappa shape index (κ1) is 17.0. The first-order valence-corrected chi connectivity index (χ1v) is 9.55. The molecule has 0 aliphatic rings. The first-order chi connectivity index (χ1) is 11.6. The van der Waals surface area contributed by atoms with Crippen molar-refractivity contribution in [2.75, 3.05) is 11.1 Å². The van der Waals surface area contributed by atoms with Crippen LogP contribution in [-0.4, -0.2) is 16.6 Å². The van der Waals surface area contributed by atoms with Crippen molar-refractivity contribution in [2.24, 2.45) is 0 Å². The molecule has 0 fully saturated rings. The number of aryl methyl sites for hydroxylation is 1. The molecule has 0 atom stereocenters. The second kappa shape index (κ2) is 7.83. The summed E-state index contributed by atoms with van der Waals surface area (Å²) in [7, 11) is 0. The molecule has 0 unspecified atom stereocenters. The number of carbonyl (C=O) groups excluding carboxylic acids is 1. The molecule has 0 saturated carbocycles. The molecule has 6 heteroatoms. The number of carbonyl (C=O) groups is 1. The highest BCUT2D eigenvalue weighted by atomic mass is 35.5. The Morgan fingerprint density at radius 2 is 1.88 bits per heavy atom. The summed E-state index contributed by atoms with van der Waals surface area (Å²) in [6.45, 7) is 2.06. The predicted octanol–water partition coefficient (Wildman–Crippen LogP) is 5.50. The number of hydrogen-bond acceptors (Lipinski definition) is 4. The standard InChI is InChI=1S/C18H15ClN2OS2/c1-12-2-4-13(5-3-12)16-10-23-18(21-16)24-11-17(22)20-15-8-6-14(19)7-9-15/h2-10H,11H2,1H3,(H,20,22). The molecule has 0 bridgehead atoms. The third kappa shape index (κ3) is 4.60. The SMILES string of the molecule is Cc1ccc(-c2csc(SCC(=O)Nc3ccc(Cl)cc3)n2)cc1. The highest BCUT2D eigenvalue weighted by Crippen LogP contribution is 2.28. The van der Waals surface area contributed by atoms with Crippen LogP contribution in [0, 0.1) is 6.92 Å². The number of benzene rings is 2. The molecule has 2 aromatic carbocycles. The van der Waals surface area contributed by atoms with Gasteiger partial charge >= 0.3 is 0 Å². The molecular formula is C18H15ClN2OS2. The van der Waals surface area contributed by atoms with Gasteiger partial charge in [-0.3, -0.25) is 4.79 Å². The number of rotatable bonds is 5. The molecule has 0 spiro atoms. The van der Waals surface area contributed by atoms with Crippen LogP contribution in [0.5, 0.6) is 0 Å². The van der Waals surface area contributed by atoms with Gasteiger partial charge in [0.25, 0.3) is 0 Å². The lowest BCUT2D eigenvalue weighted by Gasteiger charge is -2.04. The van der Waals surface area contributed by atoms with Crippen LogP contribution in [0.3, 0.4) is 0 Å². The Bertz CT molecular complexity index is 829. The number of hydrogen-bond donors (Lipinski definition) is 1. The molecule has 122 valence electrons. The molecule has 3 rings (SSSR count). The van der Waals surface area contributed by atoms with E-state index in [1.807, 2.05) is 5.38 Å². The normalized spacial score (nSPS) is 10.6. The Morgan fingerprint density at radius 1 is 1.17 bits per heavy atom. The van der Waals surface area contributed by atoms with Crippen molar-refractivity contribution in [3.8, 4) is 11.3 Å². The van der Waals surface area contributed by atoms with Crippen molar-refractivity contribution in [1.82, 2.24) is 4.98 Å². The van der Waals surface area contributed by atoms with Crippen molar-refractivity contribution in [1.29, 1.82) is 0 Å². The molecule has 1 amide bonds. The number of nitrogens with zero attached hydrogens (tertiary/aromatic N) is 1. The number of nitrogens with one attached hydrogen (secondary N) is 1. The molecule has 1 N–H and O–H groups in total. The van der Waals surface area contributed by atoms with E-state index < -0.39 is 0 Å². The fourth-order valence-corrected chi connectivity index (χ4v) is 3.80. The smallest absolute Gasteiger partial charge is 0.234 e. The maximum Gasteiger partial charge on any atom is 0.234 e. The summed E-state index contributed by atoms with van der Waals surface area (Å²) in [6.07, 6.45) is 0. The second-order valence-corrected chi connectivity index (χ2v) is 7.73. The number of thiazole rings is 1. The van der Waals surface area contributed by atoms with Crippen LogP contribution in [0.1, 0.15) is 5.56 Å². The van der Waals surface area contributed by atoms with Gasteiger partial charge in [0.2, 0.25) is 5.91 Å². The summed E-state index contributed by atoms with van der Waals surface area (Å²) in [4.78, 5) is 16.6. The fraction of sp³-hybridized carbons (Fsp3) is 0.111. The van der Waals surface area contributed by atoms with Crippen LogP contribution in [-0.2, 0) is 4.79 Å². The summed E-state index contributed by atoms with van der Waals surface area (Å²) >= 11 is 8.82. The molecule has 3 nitrogen and oxygen atoms in total. The van der Waals surface area contributed by atoms with Gasteiger partial charge in [0.1, 0.15) is 0 Å². The lowest BCUT2D eigenvalue weighted by molar-refractivity contribution is -0.113. The Labute approximate surface area is 154 Å². The minimum Gasteiger partial charge on any atom is -0.325 e. The van der Waals surface area contributed by atoms with Gasteiger partial charge in [-0.1, -0.05) is 53.2 Å². The van der Waals surface area contributed by atoms with Crippen molar-refractivity contribution < 1.29 is 4.79 Å². The number of halogens is 1. The van der Waals surface area contributed by atoms with Gasteiger partial charge in [0, 0.05) is 21.7 Å². The molecule has 0 aliphatic heterocycles. The van der Waals surface area contributed by atoms with Gasteiger partial charge in [-0.25, -0.2) is 4.98 Å². The van der Waals surface area contributed by atoms with E-state index in [2.05, 4.69) is 41.5 Å². The molecule has 24 heavy (non-hydrogen) atoms. The quantitative estimate of drug-likeness (QED) is 0.599. The lowest BCUT2D eigenvalue weighted by Crippen LogP contribution is -2.13. The summed E-state index contributed by atoms with van der Waals surface area (Å²) in [5.41, 5.74) is 4.00. The number of thioether (sulfide) groups is 1. The maximum atomic E-state index is 12.0. The molecule has 0 saturated heterocycles. The highest BCUT2D eigenvalue weighted by Gasteiger charge is 2.08. The average Bonchev–Trinajstić information content (AvgIpc) is 3.05. The Kier molecular flexibility index (Phi) is 5.56. The van der Waals surface area contributed by atoms with E-state index in [1.165, 1.54) is 17.3 Å². The van der Waals surface area contributed by atoms with Crippen LogP contribution < -0.4 is 5.32 Å². The van der Waals surface area contributed by atoms with Crippen LogP contribution in [0.2, 0.25) is 5.02 Å². The minimum absolute atomic E-state index is 0.0607. The fourth-order valence-electron chi connectivity index (χ4n) is 2.04. The van der Waals surface area contributed by atoms with Crippen molar-refractivity contribution in [3.05, 3.63) is 64.5 Å². The summed E-state index contributed by atoms with van der Waals surface area (Å²) in [5.74, 6) is 0.262. The third-order valence-corrected chi connectivity index (χ3v) is 5.56. The van der Waals surface area contributed by atoms with E-state index in [-0.39, 0.29) is 5.91 Å². The van der Waals surface area contributed by atoms with E-state index in [0.717, 1.165) is 21.3 Å². The minimum atomic E-state index is -0.0607. The number of aromatic nitrogens is 1. The summed E-state index contributed by atoms with van der Waals surface area (Å²) in [6, 6.07) is 15.3. The zero-order valence-corrected chi connectivity index (χ0v) is 15.3. The zero-order valence-electron chi connectivity index (χ0n) is 13.0. The third-order valence-electron chi connectivity index (χ3n) is 3.29. The van der Waals surface area contributed by atoms with Gasteiger partial charge in [-0.15, -0.1) is 11.3 Å². The largest absolute Gasteiger partial charge is 0.325 e. The molecule has 3 aromatic rings. The van der Waals surface area contributed by atoms with E-state index in [4.69, 9.17) is 11.6 Å². The molecule has 1 heterocycles. The first-order valence-electron chi connectivity index (χ1n) is 7.31. The highest BCUT2D eigenvalue weighted by molar-refractivity contribution is 8.01. The Balaban J connectivity index is 1.56. The van der Waals surface area contributed by atoms with E-state index in [0.29, 0.717) is 10.8 Å². The second-order valence-electron chi connectivity index (χ2n) is 5.21. The van der Waals surface area contributed by atoms with Crippen molar-refractivity contribution in [2.45, 2.75) is 11.3 Å². The summed E-state index contributed by atoms with van der Waals surface area (Å²) in [5, 5.41) is 5.51. The lowest BCUT2D eigenvalue weighted by atomic mass is 10.1. The molecular weight excluding hydrogens is 360 g/mol. The molecule has 1 aromatic heterocycles. The molecule has 0 radical (unpaired) electrons. The van der Waals surface area contributed by atoms with Crippen LogP contribution in [0.15, 0.2) is 58.3 Å². The van der Waals surface area contributed by atoms with E-state index in [9.17, 15) is 4.79 Å². The van der Waals surface area contributed by atoms with Crippen LogP contribution in [0.25, 0.3) is 11.3 Å². The van der Waals surface area contributed by atoms with Crippen molar-refractivity contribution in [3.63, 3.8) is 0 Å². The average molecular weight is 375 g/mol. The van der Waals surface area contributed by atoms with E-state index >= 15 is 0 Å². The number of amides is 1.